The molecule has 2 N–H and O–H groups in total. The van der Waals surface area contributed by atoms with Gasteiger partial charge in [-0.3, -0.25) is 4.79 Å². The molecule has 2 aromatic carbocycles. The number of carbonyl (C=O) groups excluding carboxylic acids is 1. The Bertz CT molecular complexity index is 1150. The van der Waals surface area contributed by atoms with Crippen molar-refractivity contribution in [1.82, 2.24) is 4.72 Å². The molecule has 31 heavy (non-hydrogen) atoms. The van der Waals surface area contributed by atoms with Crippen molar-refractivity contribution in [2.45, 2.75) is 42.5 Å². The SMILES string of the molecule is O=C(Nc1cccc(S(=O)(=O)NCc2ccco2)c1)C1(c2ccc(F)cc2)CCCC1. The van der Waals surface area contributed by atoms with Gasteiger partial charge in [0.25, 0.3) is 0 Å². The summed E-state index contributed by atoms with van der Waals surface area (Å²) in [7, 11) is -3.79. The Morgan fingerprint density at radius 2 is 1.77 bits per heavy atom. The molecule has 0 saturated heterocycles. The maximum absolute atomic E-state index is 13.4. The average molecular weight is 443 g/mol. The van der Waals surface area contributed by atoms with Crippen LogP contribution in [0.2, 0.25) is 0 Å². The fourth-order valence-electron chi connectivity index (χ4n) is 4.05. The molecular formula is C23H23FN2O4S. The lowest BCUT2D eigenvalue weighted by atomic mass is 9.78. The first-order valence-corrected chi connectivity index (χ1v) is 11.6. The van der Waals surface area contributed by atoms with E-state index in [4.69, 9.17) is 4.42 Å². The van der Waals surface area contributed by atoms with Crippen LogP contribution in [0.1, 0.15) is 37.0 Å². The topological polar surface area (TPSA) is 88.4 Å². The van der Waals surface area contributed by atoms with E-state index in [0.29, 0.717) is 24.3 Å². The van der Waals surface area contributed by atoms with Crippen LogP contribution in [0.25, 0.3) is 0 Å². The molecule has 0 bridgehead atoms. The Morgan fingerprint density at radius 3 is 2.45 bits per heavy atom. The van der Waals surface area contributed by atoms with E-state index < -0.39 is 15.4 Å². The van der Waals surface area contributed by atoms with Gasteiger partial charge in [0, 0.05) is 5.69 Å². The number of nitrogens with one attached hydrogen (secondary N) is 2. The van der Waals surface area contributed by atoms with Crippen LogP contribution in [0.15, 0.2) is 76.2 Å². The highest BCUT2D eigenvalue weighted by molar-refractivity contribution is 7.89. The zero-order chi connectivity index (χ0) is 21.9. The molecule has 0 aliphatic heterocycles. The molecule has 1 amide bonds. The van der Waals surface area contributed by atoms with Gasteiger partial charge in [-0.1, -0.05) is 31.0 Å². The van der Waals surface area contributed by atoms with E-state index in [1.807, 2.05) is 0 Å². The maximum atomic E-state index is 13.4. The van der Waals surface area contributed by atoms with Crippen LogP contribution in [0.4, 0.5) is 10.1 Å². The van der Waals surface area contributed by atoms with Crippen molar-refractivity contribution < 1.29 is 22.0 Å². The second kappa shape index (κ2) is 8.64. The lowest BCUT2D eigenvalue weighted by Crippen LogP contribution is -2.38. The number of hydrogen-bond donors (Lipinski definition) is 2. The van der Waals surface area contributed by atoms with Gasteiger partial charge in [0.1, 0.15) is 11.6 Å². The highest BCUT2D eigenvalue weighted by atomic mass is 32.2. The Labute approximate surface area is 180 Å². The van der Waals surface area contributed by atoms with Crippen molar-refractivity contribution in [1.29, 1.82) is 0 Å². The van der Waals surface area contributed by atoms with Gasteiger partial charge in [-0.05, 0) is 60.9 Å². The molecular weight excluding hydrogens is 419 g/mol. The van der Waals surface area contributed by atoms with Gasteiger partial charge in [0.05, 0.1) is 23.1 Å². The first kappa shape index (κ1) is 21.3. The van der Waals surface area contributed by atoms with Crippen LogP contribution in [0.5, 0.6) is 0 Å². The first-order valence-electron chi connectivity index (χ1n) is 10.1. The molecule has 8 heteroatoms. The molecule has 0 atom stereocenters. The Kier molecular flexibility index (Phi) is 5.93. The monoisotopic (exact) mass is 442 g/mol. The zero-order valence-electron chi connectivity index (χ0n) is 16.8. The fraction of sp³-hybridized carbons (Fsp3) is 0.261. The van der Waals surface area contributed by atoms with Gasteiger partial charge in [-0.15, -0.1) is 0 Å². The summed E-state index contributed by atoms with van der Waals surface area (Å²) >= 11 is 0. The third kappa shape index (κ3) is 4.55. The second-order valence-electron chi connectivity index (χ2n) is 7.68. The number of anilines is 1. The first-order chi connectivity index (χ1) is 14.9. The van der Waals surface area contributed by atoms with Gasteiger partial charge in [0.15, 0.2) is 0 Å². The van der Waals surface area contributed by atoms with Crippen LogP contribution in [-0.2, 0) is 26.8 Å². The summed E-state index contributed by atoms with van der Waals surface area (Å²) in [5, 5.41) is 2.88. The smallest absolute Gasteiger partial charge is 0.241 e. The quantitative estimate of drug-likeness (QED) is 0.570. The van der Waals surface area contributed by atoms with E-state index in [-0.39, 0.29) is 23.2 Å². The van der Waals surface area contributed by atoms with Crippen molar-refractivity contribution in [3.8, 4) is 0 Å². The number of rotatable bonds is 7. The second-order valence-corrected chi connectivity index (χ2v) is 9.45. The minimum Gasteiger partial charge on any atom is -0.468 e. The average Bonchev–Trinajstić information content (AvgIpc) is 3.46. The van der Waals surface area contributed by atoms with E-state index in [2.05, 4.69) is 10.0 Å². The zero-order valence-corrected chi connectivity index (χ0v) is 17.6. The van der Waals surface area contributed by atoms with Crippen molar-refractivity contribution in [3.63, 3.8) is 0 Å². The van der Waals surface area contributed by atoms with E-state index in [1.54, 1.807) is 36.4 Å². The molecule has 0 unspecified atom stereocenters. The minimum atomic E-state index is -3.79. The number of halogens is 1. The molecule has 1 fully saturated rings. The summed E-state index contributed by atoms with van der Waals surface area (Å²) < 4.78 is 46.3. The van der Waals surface area contributed by atoms with Crippen LogP contribution in [-0.4, -0.2) is 14.3 Å². The standard InChI is InChI=1S/C23H23FN2O4S/c24-18-10-8-17(9-11-18)23(12-1-2-13-23)22(27)26-19-5-3-7-21(15-19)31(28,29)25-16-20-6-4-14-30-20/h3-11,14-15,25H,1-2,12-13,16H2,(H,26,27). The molecule has 1 aromatic heterocycles. The van der Waals surface area contributed by atoms with Crippen LogP contribution in [0, 0.1) is 5.82 Å². The number of furan rings is 1. The molecule has 162 valence electrons. The number of benzene rings is 2. The molecule has 1 aliphatic rings. The van der Waals surface area contributed by atoms with Crippen LogP contribution in [0.3, 0.4) is 0 Å². The third-order valence-electron chi connectivity index (χ3n) is 5.71. The summed E-state index contributed by atoms with van der Waals surface area (Å²) in [5.41, 5.74) is 0.409. The van der Waals surface area contributed by atoms with Gasteiger partial charge >= 0.3 is 0 Å². The Morgan fingerprint density at radius 1 is 1.03 bits per heavy atom. The van der Waals surface area contributed by atoms with E-state index >= 15 is 0 Å². The van der Waals surface area contributed by atoms with E-state index in [1.165, 1.54) is 30.5 Å². The number of amides is 1. The van der Waals surface area contributed by atoms with Crippen molar-refractivity contribution in [2.75, 3.05) is 5.32 Å². The Balaban J connectivity index is 1.53. The molecule has 0 spiro atoms. The molecule has 3 aromatic rings. The molecule has 0 radical (unpaired) electrons. The molecule has 1 aliphatic carbocycles. The fourth-order valence-corrected chi connectivity index (χ4v) is 5.09. The van der Waals surface area contributed by atoms with Gasteiger partial charge in [-0.25, -0.2) is 17.5 Å². The molecule has 6 nitrogen and oxygen atoms in total. The predicted octanol–water partition coefficient (Wildman–Crippen LogP) is 4.35. The summed E-state index contributed by atoms with van der Waals surface area (Å²) in [6.07, 6.45) is 4.59. The Hall–Kier alpha value is -2.97. The maximum Gasteiger partial charge on any atom is 0.241 e. The highest BCUT2D eigenvalue weighted by Crippen LogP contribution is 2.42. The summed E-state index contributed by atoms with van der Waals surface area (Å²) in [4.78, 5) is 13.3. The lowest BCUT2D eigenvalue weighted by molar-refractivity contribution is -0.121. The van der Waals surface area contributed by atoms with Crippen molar-refractivity contribution >= 4 is 21.6 Å². The predicted molar refractivity (Wildman–Crippen MR) is 114 cm³/mol. The normalized spacial score (nSPS) is 15.6. The minimum absolute atomic E-state index is 0.0274. The number of sulfonamides is 1. The van der Waals surface area contributed by atoms with Gasteiger partial charge in [0.2, 0.25) is 15.9 Å². The van der Waals surface area contributed by atoms with Crippen molar-refractivity contribution in [3.05, 3.63) is 84.1 Å². The summed E-state index contributed by atoms with van der Waals surface area (Å²) in [5.74, 6) is -0.0672. The van der Waals surface area contributed by atoms with Crippen LogP contribution < -0.4 is 10.0 Å². The molecule has 1 heterocycles. The molecule has 1 saturated carbocycles. The third-order valence-corrected chi connectivity index (χ3v) is 7.11. The van der Waals surface area contributed by atoms with Gasteiger partial charge < -0.3 is 9.73 Å². The van der Waals surface area contributed by atoms with Gasteiger partial charge in [-0.2, -0.15) is 0 Å². The van der Waals surface area contributed by atoms with Crippen LogP contribution >= 0.6 is 0 Å². The number of hydrogen-bond acceptors (Lipinski definition) is 4. The summed E-state index contributed by atoms with van der Waals surface area (Å²) in [6.45, 7) is 0.0274. The lowest BCUT2D eigenvalue weighted by Gasteiger charge is -2.28. The highest BCUT2D eigenvalue weighted by Gasteiger charge is 2.42. The van der Waals surface area contributed by atoms with E-state index in [9.17, 15) is 17.6 Å². The molecule has 4 rings (SSSR count). The summed E-state index contributed by atoms with van der Waals surface area (Å²) in [6, 6.07) is 15.5. The largest absolute Gasteiger partial charge is 0.468 e. The van der Waals surface area contributed by atoms with Crippen molar-refractivity contribution in [2.24, 2.45) is 0 Å². The van der Waals surface area contributed by atoms with E-state index in [0.717, 1.165) is 18.4 Å². The number of carbonyl (C=O) groups is 1.